The van der Waals surface area contributed by atoms with Crippen LogP contribution in [0.4, 0.5) is 5.69 Å². The van der Waals surface area contributed by atoms with Crippen molar-refractivity contribution in [2.75, 3.05) is 11.9 Å². The number of rotatable bonds is 0. The fourth-order valence-corrected chi connectivity index (χ4v) is 1.66. The molecule has 3 heteroatoms. The summed E-state index contributed by atoms with van der Waals surface area (Å²) in [7, 11) is 0. The fraction of sp³-hybridized carbons (Fsp3) is 0.250. The first-order valence-corrected chi connectivity index (χ1v) is 3.90. The Balaban J connectivity index is 2.60. The first kappa shape index (κ1) is 6.80. The van der Waals surface area contributed by atoms with Crippen LogP contribution in [0.1, 0.15) is 5.56 Å². The number of halogens is 1. The van der Waals surface area contributed by atoms with E-state index in [-0.39, 0.29) is 5.75 Å². The van der Waals surface area contributed by atoms with Gasteiger partial charge in [-0.25, -0.2) is 0 Å². The summed E-state index contributed by atoms with van der Waals surface area (Å²) in [6.07, 6.45) is 0.953. The molecular weight excluding hydrogens is 162 g/mol. The van der Waals surface area contributed by atoms with Crippen LogP contribution in [-0.2, 0) is 6.42 Å². The molecule has 1 aliphatic rings. The van der Waals surface area contributed by atoms with E-state index in [1.807, 2.05) is 0 Å². The van der Waals surface area contributed by atoms with Crippen molar-refractivity contribution in [3.8, 4) is 5.75 Å². The number of anilines is 1. The fourth-order valence-electron chi connectivity index (χ4n) is 1.36. The van der Waals surface area contributed by atoms with Gasteiger partial charge in [0.05, 0.1) is 0 Å². The van der Waals surface area contributed by atoms with Crippen molar-refractivity contribution in [3.05, 3.63) is 22.7 Å². The summed E-state index contributed by atoms with van der Waals surface area (Å²) in [5.41, 5.74) is 2.08. The number of benzene rings is 1. The van der Waals surface area contributed by atoms with Gasteiger partial charge in [0.1, 0.15) is 5.75 Å². The zero-order valence-electron chi connectivity index (χ0n) is 5.89. The van der Waals surface area contributed by atoms with Crippen molar-refractivity contribution in [2.45, 2.75) is 6.42 Å². The molecule has 0 aromatic heterocycles. The molecule has 11 heavy (non-hydrogen) atoms. The third kappa shape index (κ3) is 1.03. The van der Waals surface area contributed by atoms with E-state index < -0.39 is 0 Å². The molecule has 0 spiro atoms. The number of phenols is 1. The average molecular weight is 170 g/mol. The Morgan fingerprint density at radius 1 is 1.45 bits per heavy atom. The molecule has 0 atom stereocenters. The van der Waals surface area contributed by atoms with Crippen LogP contribution in [0.3, 0.4) is 0 Å². The number of hydrogen-bond donors (Lipinski definition) is 2. The van der Waals surface area contributed by atoms with E-state index >= 15 is 0 Å². The van der Waals surface area contributed by atoms with Gasteiger partial charge in [-0.15, -0.1) is 0 Å². The van der Waals surface area contributed by atoms with Gasteiger partial charge < -0.3 is 10.4 Å². The molecule has 0 saturated heterocycles. The molecule has 1 aromatic rings. The second kappa shape index (κ2) is 2.31. The van der Waals surface area contributed by atoms with Gasteiger partial charge in [0, 0.05) is 23.3 Å². The molecule has 0 radical (unpaired) electrons. The van der Waals surface area contributed by atoms with Crippen molar-refractivity contribution < 1.29 is 5.11 Å². The molecule has 2 rings (SSSR count). The maximum atomic E-state index is 9.15. The van der Waals surface area contributed by atoms with E-state index in [1.54, 1.807) is 12.1 Å². The number of aromatic hydroxyl groups is 1. The van der Waals surface area contributed by atoms with Crippen molar-refractivity contribution in [2.24, 2.45) is 0 Å². The number of nitrogens with one attached hydrogen (secondary N) is 1. The minimum absolute atomic E-state index is 0.225. The average Bonchev–Trinajstić information content (AvgIpc) is 2.34. The summed E-state index contributed by atoms with van der Waals surface area (Å²) in [6.45, 7) is 0.915. The number of fused-ring (bicyclic) bond motifs is 1. The van der Waals surface area contributed by atoms with Gasteiger partial charge >= 0.3 is 0 Å². The zero-order valence-corrected chi connectivity index (χ0v) is 6.65. The minimum Gasteiger partial charge on any atom is -0.508 e. The Morgan fingerprint density at radius 3 is 3.09 bits per heavy atom. The smallest absolute Gasteiger partial charge is 0.119 e. The first-order chi connectivity index (χ1) is 5.27. The Labute approximate surface area is 69.8 Å². The van der Waals surface area contributed by atoms with E-state index in [0.717, 1.165) is 24.2 Å². The van der Waals surface area contributed by atoms with E-state index in [9.17, 15) is 0 Å². The van der Waals surface area contributed by atoms with E-state index in [1.165, 1.54) is 0 Å². The summed E-state index contributed by atoms with van der Waals surface area (Å²) in [4.78, 5) is 0. The van der Waals surface area contributed by atoms with Crippen LogP contribution < -0.4 is 5.32 Å². The summed E-state index contributed by atoms with van der Waals surface area (Å²) in [5.74, 6) is 0.225. The molecule has 2 N–H and O–H groups in total. The van der Waals surface area contributed by atoms with Crippen LogP contribution in [-0.4, -0.2) is 11.7 Å². The van der Waals surface area contributed by atoms with Crippen molar-refractivity contribution in [3.63, 3.8) is 0 Å². The van der Waals surface area contributed by atoms with Crippen molar-refractivity contribution in [1.29, 1.82) is 0 Å². The highest BCUT2D eigenvalue weighted by Crippen LogP contribution is 2.33. The predicted molar refractivity (Wildman–Crippen MR) is 45.3 cm³/mol. The van der Waals surface area contributed by atoms with Crippen molar-refractivity contribution in [1.82, 2.24) is 0 Å². The highest BCUT2D eigenvalue weighted by molar-refractivity contribution is 6.32. The molecule has 58 valence electrons. The Kier molecular flexibility index (Phi) is 1.43. The molecule has 0 saturated carbocycles. The number of hydrogen-bond acceptors (Lipinski definition) is 2. The highest BCUT2D eigenvalue weighted by Gasteiger charge is 2.13. The van der Waals surface area contributed by atoms with Gasteiger partial charge in [-0.05, 0) is 18.1 Å². The molecule has 1 aromatic carbocycles. The lowest BCUT2D eigenvalue weighted by atomic mass is 10.1. The summed E-state index contributed by atoms with van der Waals surface area (Å²) in [6, 6.07) is 3.28. The van der Waals surface area contributed by atoms with Gasteiger partial charge in [0.15, 0.2) is 0 Å². The molecule has 0 amide bonds. The molecule has 2 nitrogen and oxygen atoms in total. The lowest BCUT2D eigenvalue weighted by Crippen LogP contribution is -1.90. The lowest BCUT2D eigenvalue weighted by molar-refractivity contribution is 0.475. The SMILES string of the molecule is Oc1cc(Cl)c2c(c1)NCC2. The van der Waals surface area contributed by atoms with Crippen LogP contribution in [0, 0.1) is 0 Å². The highest BCUT2D eigenvalue weighted by atomic mass is 35.5. The topological polar surface area (TPSA) is 32.3 Å². The molecular formula is C8H8ClNO. The molecule has 1 aliphatic heterocycles. The number of phenolic OH excluding ortho intramolecular Hbond substituents is 1. The van der Waals surface area contributed by atoms with E-state index in [2.05, 4.69) is 5.32 Å². The quantitative estimate of drug-likeness (QED) is 0.623. The monoisotopic (exact) mass is 169 g/mol. The van der Waals surface area contributed by atoms with Gasteiger partial charge in [-0.1, -0.05) is 11.6 Å². The predicted octanol–water partition coefficient (Wildman–Crippen LogP) is 2.01. The summed E-state index contributed by atoms with van der Waals surface area (Å²) in [5, 5.41) is 12.9. The molecule has 0 aliphatic carbocycles. The standard InChI is InChI=1S/C8H8ClNO/c9-7-3-5(11)4-8-6(7)1-2-10-8/h3-4,10-11H,1-2H2. The van der Waals surface area contributed by atoms with Crippen LogP contribution in [0.5, 0.6) is 5.75 Å². The normalized spacial score (nSPS) is 14.3. The Hall–Kier alpha value is -0.890. The van der Waals surface area contributed by atoms with Crippen LogP contribution in [0.25, 0.3) is 0 Å². The van der Waals surface area contributed by atoms with Crippen LogP contribution in [0.15, 0.2) is 12.1 Å². The van der Waals surface area contributed by atoms with Gasteiger partial charge in [-0.3, -0.25) is 0 Å². The third-order valence-corrected chi connectivity index (χ3v) is 2.21. The second-order valence-electron chi connectivity index (χ2n) is 2.63. The van der Waals surface area contributed by atoms with E-state index in [4.69, 9.17) is 16.7 Å². The Morgan fingerprint density at radius 2 is 2.27 bits per heavy atom. The summed E-state index contributed by atoms with van der Waals surface area (Å²) < 4.78 is 0. The van der Waals surface area contributed by atoms with Gasteiger partial charge in [-0.2, -0.15) is 0 Å². The minimum atomic E-state index is 0.225. The zero-order chi connectivity index (χ0) is 7.84. The second-order valence-corrected chi connectivity index (χ2v) is 3.04. The van der Waals surface area contributed by atoms with Crippen LogP contribution >= 0.6 is 11.6 Å². The molecule has 0 unspecified atom stereocenters. The van der Waals surface area contributed by atoms with E-state index in [0.29, 0.717) is 5.02 Å². The Bertz CT molecular complexity index is 298. The first-order valence-electron chi connectivity index (χ1n) is 3.52. The largest absolute Gasteiger partial charge is 0.508 e. The lowest BCUT2D eigenvalue weighted by Gasteiger charge is -2.01. The molecule has 0 fully saturated rings. The molecule has 1 heterocycles. The van der Waals surface area contributed by atoms with Crippen molar-refractivity contribution >= 4 is 17.3 Å². The maximum Gasteiger partial charge on any atom is 0.119 e. The summed E-state index contributed by atoms with van der Waals surface area (Å²) >= 11 is 5.87. The molecule has 0 bridgehead atoms. The van der Waals surface area contributed by atoms with Gasteiger partial charge in [0.25, 0.3) is 0 Å². The maximum absolute atomic E-state index is 9.15. The van der Waals surface area contributed by atoms with Gasteiger partial charge in [0.2, 0.25) is 0 Å². The third-order valence-electron chi connectivity index (χ3n) is 1.87. The van der Waals surface area contributed by atoms with Crippen LogP contribution in [0.2, 0.25) is 5.02 Å².